The van der Waals surface area contributed by atoms with Gasteiger partial charge < -0.3 is 19.5 Å². The topological polar surface area (TPSA) is 69.7 Å². The molecule has 0 spiro atoms. The lowest BCUT2D eigenvalue weighted by Crippen LogP contribution is -2.36. The largest absolute Gasteiger partial charge is 0.489 e. The first-order valence-corrected chi connectivity index (χ1v) is 9.82. The normalized spacial score (nSPS) is 17.7. The van der Waals surface area contributed by atoms with E-state index in [4.69, 9.17) is 14.2 Å². The van der Waals surface area contributed by atoms with Crippen molar-refractivity contribution < 1.29 is 19.0 Å². The van der Waals surface area contributed by atoms with E-state index in [0.29, 0.717) is 19.8 Å². The lowest BCUT2D eigenvalue weighted by molar-refractivity contribution is -0.135. The number of ether oxygens (including phenoxy) is 3. The van der Waals surface area contributed by atoms with Crippen LogP contribution in [0, 0.1) is 0 Å². The Labute approximate surface area is 166 Å². The second kappa shape index (κ2) is 10.8. The summed E-state index contributed by atoms with van der Waals surface area (Å²) in [6.45, 7) is 3.96. The van der Waals surface area contributed by atoms with Gasteiger partial charge in [-0.1, -0.05) is 18.2 Å². The molecule has 3 rings (SSSR count). The fraction of sp³-hybridized carbons (Fsp3) is 0.455. The number of hydrogen-bond donors (Lipinski definition) is 1. The van der Waals surface area contributed by atoms with Gasteiger partial charge in [-0.3, -0.25) is 9.78 Å². The first-order chi connectivity index (χ1) is 13.7. The van der Waals surface area contributed by atoms with Crippen molar-refractivity contribution in [3.05, 3.63) is 59.9 Å². The minimum Gasteiger partial charge on any atom is -0.489 e. The van der Waals surface area contributed by atoms with E-state index in [2.05, 4.69) is 10.3 Å². The summed E-state index contributed by atoms with van der Waals surface area (Å²) in [5.74, 6) is 0.663. The Bertz CT molecular complexity index is 715. The molecular formula is C22H28N2O4. The van der Waals surface area contributed by atoms with Gasteiger partial charge in [0.05, 0.1) is 12.7 Å². The quantitative estimate of drug-likeness (QED) is 0.719. The van der Waals surface area contributed by atoms with Crippen LogP contribution >= 0.6 is 0 Å². The number of rotatable bonds is 9. The predicted molar refractivity (Wildman–Crippen MR) is 106 cm³/mol. The van der Waals surface area contributed by atoms with E-state index >= 15 is 0 Å². The summed E-state index contributed by atoms with van der Waals surface area (Å²) >= 11 is 0. The first kappa shape index (κ1) is 20.3. The molecule has 2 aromatic rings. The van der Waals surface area contributed by atoms with Crippen LogP contribution in [-0.4, -0.2) is 36.3 Å². The Morgan fingerprint density at radius 3 is 2.82 bits per heavy atom. The van der Waals surface area contributed by atoms with Gasteiger partial charge in [-0.25, -0.2) is 0 Å². The number of aromatic nitrogens is 1. The molecule has 1 amide bonds. The molecule has 1 aromatic heterocycles. The molecule has 0 aliphatic carbocycles. The van der Waals surface area contributed by atoms with Crippen molar-refractivity contribution in [2.75, 3.05) is 13.2 Å². The first-order valence-electron chi connectivity index (χ1n) is 9.82. The van der Waals surface area contributed by atoms with Crippen molar-refractivity contribution >= 4 is 5.91 Å². The molecular weight excluding hydrogens is 356 g/mol. The maximum atomic E-state index is 12.2. The van der Waals surface area contributed by atoms with Crippen molar-refractivity contribution in [1.29, 1.82) is 0 Å². The number of amides is 1. The lowest BCUT2D eigenvalue weighted by Gasteiger charge is -2.23. The molecule has 1 N–H and O–H groups in total. The molecule has 6 nitrogen and oxygen atoms in total. The van der Waals surface area contributed by atoms with E-state index in [-0.39, 0.29) is 12.0 Å². The molecule has 6 heteroatoms. The van der Waals surface area contributed by atoms with E-state index in [0.717, 1.165) is 42.7 Å². The smallest absolute Gasteiger partial charge is 0.249 e. The molecule has 2 heterocycles. The summed E-state index contributed by atoms with van der Waals surface area (Å²) in [4.78, 5) is 16.3. The zero-order valence-corrected chi connectivity index (χ0v) is 16.3. The van der Waals surface area contributed by atoms with Crippen LogP contribution in [0.2, 0.25) is 0 Å². The average Bonchev–Trinajstić information content (AvgIpc) is 2.76. The van der Waals surface area contributed by atoms with Gasteiger partial charge in [-0.15, -0.1) is 0 Å². The fourth-order valence-corrected chi connectivity index (χ4v) is 2.95. The van der Waals surface area contributed by atoms with Crippen LogP contribution in [0.5, 0.6) is 5.75 Å². The summed E-state index contributed by atoms with van der Waals surface area (Å²) in [5, 5.41) is 2.91. The van der Waals surface area contributed by atoms with Crippen LogP contribution in [0.4, 0.5) is 0 Å². The molecule has 2 atom stereocenters. The monoisotopic (exact) mass is 384 g/mol. The standard InChI is InChI=1S/C22H28N2O4/c1-17(27-16-21-6-2-3-12-26-21)22(25)24-14-18-7-9-20(10-8-18)28-15-19-5-4-11-23-13-19/h4-5,7-11,13,17,21H,2-3,6,12,14-16H2,1H3,(H,24,25). The van der Waals surface area contributed by atoms with E-state index in [1.54, 1.807) is 19.3 Å². The molecule has 150 valence electrons. The summed E-state index contributed by atoms with van der Waals surface area (Å²) < 4.78 is 17.0. The van der Waals surface area contributed by atoms with Crippen LogP contribution < -0.4 is 10.1 Å². The van der Waals surface area contributed by atoms with Gasteiger partial charge in [-0.2, -0.15) is 0 Å². The number of nitrogens with one attached hydrogen (secondary N) is 1. The number of carbonyl (C=O) groups excluding carboxylic acids is 1. The van der Waals surface area contributed by atoms with E-state index in [9.17, 15) is 4.79 Å². The Hall–Kier alpha value is -2.44. The van der Waals surface area contributed by atoms with Gasteiger partial charge in [0.25, 0.3) is 0 Å². The van der Waals surface area contributed by atoms with Crippen molar-refractivity contribution in [1.82, 2.24) is 10.3 Å². The number of benzene rings is 1. The Morgan fingerprint density at radius 2 is 2.11 bits per heavy atom. The van der Waals surface area contributed by atoms with Crippen molar-refractivity contribution in [2.45, 2.75) is 51.5 Å². The lowest BCUT2D eigenvalue weighted by atomic mass is 10.1. The highest BCUT2D eigenvalue weighted by Gasteiger charge is 2.18. The second-order valence-electron chi connectivity index (χ2n) is 6.98. The third-order valence-corrected chi connectivity index (χ3v) is 4.69. The van der Waals surface area contributed by atoms with Gasteiger partial charge in [0.15, 0.2) is 0 Å². The summed E-state index contributed by atoms with van der Waals surface area (Å²) in [5.41, 5.74) is 2.02. The van der Waals surface area contributed by atoms with Crippen LogP contribution in [-0.2, 0) is 27.4 Å². The molecule has 0 saturated carbocycles. The Morgan fingerprint density at radius 1 is 1.25 bits per heavy atom. The maximum Gasteiger partial charge on any atom is 0.249 e. The maximum absolute atomic E-state index is 12.2. The van der Waals surface area contributed by atoms with Gasteiger partial charge in [0, 0.05) is 31.1 Å². The van der Waals surface area contributed by atoms with Gasteiger partial charge in [0.2, 0.25) is 5.91 Å². The highest BCUT2D eigenvalue weighted by Crippen LogP contribution is 2.15. The molecule has 1 fully saturated rings. The zero-order valence-electron chi connectivity index (χ0n) is 16.3. The van der Waals surface area contributed by atoms with Crippen molar-refractivity contribution in [3.63, 3.8) is 0 Å². The number of nitrogens with zero attached hydrogens (tertiary/aromatic N) is 1. The number of hydrogen-bond acceptors (Lipinski definition) is 5. The molecule has 0 bridgehead atoms. The molecule has 0 radical (unpaired) electrons. The van der Waals surface area contributed by atoms with Crippen molar-refractivity contribution in [2.24, 2.45) is 0 Å². The van der Waals surface area contributed by atoms with Crippen LogP contribution in [0.15, 0.2) is 48.8 Å². The summed E-state index contributed by atoms with van der Waals surface area (Å²) in [6.07, 6.45) is 6.42. The summed E-state index contributed by atoms with van der Waals surface area (Å²) in [6, 6.07) is 11.6. The zero-order chi connectivity index (χ0) is 19.6. The fourth-order valence-electron chi connectivity index (χ4n) is 2.95. The van der Waals surface area contributed by atoms with Crippen molar-refractivity contribution in [3.8, 4) is 5.75 Å². The molecule has 28 heavy (non-hydrogen) atoms. The Kier molecular flexibility index (Phi) is 7.82. The molecule has 1 saturated heterocycles. The number of pyridine rings is 1. The van der Waals surface area contributed by atoms with E-state index in [1.165, 1.54) is 0 Å². The minimum absolute atomic E-state index is 0.114. The third-order valence-electron chi connectivity index (χ3n) is 4.69. The predicted octanol–water partition coefficient (Wildman–Crippen LogP) is 3.25. The average molecular weight is 384 g/mol. The van der Waals surface area contributed by atoms with E-state index < -0.39 is 6.10 Å². The highest BCUT2D eigenvalue weighted by molar-refractivity contribution is 5.80. The highest BCUT2D eigenvalue weighted by atomic mass is 16.5. The molecule has 2 unspecified atom stereocenters. The Balaban J connectivity index is 1.37. The minimum atomic E-state index is -0.493. The van der Waals surface area contributed by atoms with Crippen LogP contribution in [0.25, 0.3) is 0 Å². The molecule has 1 aromatic carbocycles. The van der Waals surface area contributed by atoms with Gasteiger partial charge in [-0.05, 0) is 49.9 Å². The van der Waals surface area contributed by atoms with E-state index in [1.807, 2.05) is 36.4 Å². The number of carbonyl (C=O) groups is 1. The molecule has 1 aliphatic rings. The summed E-state index contributed by atoms with van der Waals surface area (Å²) in [7, 11) is 0. The third kappa shape index (κ3) is 6.62. The SMILES string of the molecule is CC(OCC1CCCCO1)C(=O)NCc1ccc(OCc2cccnc2)cc1. The molecule has 1 aliphatic heterocycles. The second-order valence-corrected chi connectivity index (χ2v) is 6.98. The van der Waals surface area contributed by atoms with Gasteiger partial charge >= 0.3 is 0 Å². The van der Waals surface area contributed by atoms with Crippen LogP contribution in [0.3, 0.4) is 0 Å². The van der Waals surface area contributed by atoms with Crippen LogP contribution in [0.1, 0.15) is 37.3 Å². The van der Waals surface area contributed by atoms with Gasteiger partial charge in [0.1, 0.15) is 18.5 Å².